The molecular formula is C18H21F3N4O2. The number of aromatic nitrogens is 3. The van der Waals surface area contributed by atoms with E-state index in [9.17, 15) is 18.0 Å². The predicted molar refractivity (Wildman–Crippen MR) is 90.5 cm³/mol. The number of hydrogen-bond acceptors (Lipinski definition) is 5. The Hall–Kier alpha value is -2.45. The lowest BCUT2D eigenvalue weighted by Crippen LogP contribution is -2.44. The Bertz CT molecular complexity index is 809. The maximum Gasteiger partial charge on any atom is 0.471 e. The molecule has 1 saturated heterocycles. The average Bonchev–Trinajstić information content (AvgIpc) is 3.11. The van der Waals surface area contributed by atoms with E-state index in [1.54, 1.807) is 12.1 Å². The van der Waals surface area contributed by atoms with Crippen LogP contribution in [0.2, 0.25) is 0 Å². The first-order valence-electron chi connectivity index (χ1n) is 8.72. The van der Waals surface area contributed by atoms with Gasteiger partial charge in [-0.3, -0.25) is 9.78 Å². The molecule has 0 saturated carbocycles. The van der Waals surface area contributed by atoms with E-state index in [4.69, 9.17) is 0 Å². The number of amides is 1. The van der Waals surface area contributed by atoms with E-state index >= 15 is 0 Å². The van der Waals surface area contributed by atoms with Crippen molar-refractivity contribution < 1.29 is 22.5 Å². The molecule has 3 rings (SSSR count). The fourth-order valence-electron chi connectivity index (χ4n) is 3.11. The molecule has 1 aliphatic rings. The van der Waals surface area contributed by atoms with Crippen LogP contribution in [-0.4, -0.2) is 39.0 Å². The van der Waals surface area contributed by atoms with Crippen molar-refractivity contribution in [1.29, 1.82) is 0 Å². The Balaban J connectivity index is 1.73. The Morgan fingerprint density at radius 3 is 2.56 bits per heavy atom. The van der Waals surface area contributed by atoms with E-state index in [0.717, 1.165) is 25.1 Å². The summed E-state index contributed by atoms with van der Waals surface area (Å²) in [6.07, 6.45) is -1.45. The van der Waals surface area contributed by atoms with Crippen molar-refractivity contribution in [3.8, 4) is 11.4 Å². The first-order valence-corrected chi connectivity index (χ1v) is 8.72. The predicted octanol–water partition coefficient (Wildman–Crippen LogP) is 3.90. The number of nitrogens with zero attached hydrogens (tertiary/aromatic N) is 4. The quantitative estimate of drug-likeness (QED) is 0.788. The Morgan fingerprint density at radius 2 is 2.00 bits per heavy atom. The summed E-state index contributed by atoms with van der Waals surface area (Å²) in [6, 6.07) is 3.37. The summed E-state index contributed by atoms with van der Waals surface area (Å²) in [5.74, 6) is -1.34. The molecule has 146 valence electrons. The number of hydrogen-bond donors (Lipinski definition) is 0. The minimum atomic E-state index is -4.68. The molecule has 1 fully saturated rings. The summed E-state index contributed by atoms with van der Waals surface area (Å²) in [6.45, 7) is 7.00. The summed E-state index contributed by atoms with van der Waals surface area (Å²) in [5, 5.41) is 3.36. The van der Waals surface area contributed by atoms with Crippen LogP contribution in [0.5, 0.6) is 0 Å². The normalized spacial score (nSPS) is 18.6. The van der Waals surface area contributed by atoms with Crippen LogP contribution in [0.4, 0.5) is 13.2 Å². The van der Waals surface area contributed by atoms with Crippen LogP contribution in [0, 0.1) is 5.41 Å². The number of piperidine rings is 1. The third kappa shape index (κ3) is 4.28. The van der Waals surface area contributed by atoms with Gasteiger partial charge in [0.05, 0.1) is 0 Å². The molecule has 0 N–H and O–H groups in total. The number of pyridine rings is 1. The molecule has 27 heavy (non-hydrogen) atoms. The first kappa shape index (κ1) is 19.3. The molecular weight excluding hydrogens is 361 g/mol. The molecule has 0 bridgehead atoms. The fraction of sp³-hybridized carbons (Fsp3) is 0.556. The zero-order valence-electron chi connectivity index (χ0n) is 15.4. The van der Waals surface area contributed by atoms with E-state index in [1.807, 2.05) is 25.7 Å². The van der Waals surface area contributed by atoms with E-state index in [0.29, 0.717) is 12.1 Å². The molecule has 0 unspecified atom stereocenters. The van der Waals surface area contributed by atoms with Crippen LogP contribution < -0.4 is 0 Å². The second-order valence-electron chi connectivity index (χ2n) is 7.73. The first-order chi connectivity index (χ1) is 12.6. The van der Waals surface area contributed by atoms with Gasteiger partial charge in [0.15, 0.2) is 0 Å². The highest BCUT2D eigenvalue weighted by Crippen LogP contribution is 2.31. The van der Waals surface area contributed by atoms with Crippen molar-refractivity contribution in [2.24, 2.45) is 5.41 Å². The molecule has 0 radical (unpaired) electrons. The summed E-state index contributed by atoms with van der Waals surface area (Å²) in [4.78, 5) is 22.1. The van der Waals surface area contributed by atoms with Gasteiger partial charge in [-0.15, -0.1) is 0 Å². The molecule has 0 aliphatic carbocycles. The molecule has 9 heteroatoms. The van der Waals surface area contributed by atoms with Crippen molar-refractivity contribution in [3.63, 3.8) is 0 Å². The highest BCUT2D eigenvalue weighted by atomic mass is 19.4. The molecule has 1 aliphatic heterocycles. The van der Waals surface area contributed by atoms with Crippen LogP contribution in [0.1, 0.15) is 51.1 Å². The zero-order chi connectivity index (χ0) is 19.8. The number of halogens is 3. The van der Waals surface area contributed by atoms with Crippen molar-refractivity contribution in [2.45, 2.75) is 45.7 Å². The van der Waals surface area contributed by atoms with Gasteiger partial charge in [-0.05, 0) is 25.0 Å². The zero-order valence-corrected chi connectivity index (χ0v) is 15.4. The van der Waals surface area contributed by atoms with Gasteiger partial charge >= 0.3 is 12.1 Å². The second-order valence-corrected chi connectivity index (χ2v) is 7.73. The second kappa shape index (κ2) is 6.94. The smallest absolute Gasteiger partial charge is 0.342 e. The fourth-order valence-corrected chi connectivity index (χ4v) is 3.11. The van der Waals surface area contributed by atoms with E-state index in [2.05, 4.69) is 19.6 Å². The standard InChI is InChI=1S/C18H21F3N4O2/c1-17(2,3)16(26)25-8-4-5-12(10-25)13-7-6-11(9-22-13)14-23-15(27-24-14)18(19,20)21/h6-7,9,12H,4-5,8,10H2,1-3H3/t12-/m1/s1. The molecule has 1 atom stereocenters. The molecule has 0 spiro atoms. The van der Waals surface area contributed by atoms with E-state index < -0.39 is 17.5 Å². The van der Waals surface area contributed by atoms with E-state index in [-0.39, 0.29) is 17.6 Å². The summed E-state index contributed by atoms with van der Waals surface area (Å²) in [5.41, 5.74) is 0.703. The Kier molecular flexibility index (Phi) is 4.96. The van der Waals surface area contributed by atoms with Gasteiger partial charge in [-0.2, -0.15) is 18.2 Å². The van der Waals surface area contributed by atoms with E-state index in [1.165, 1.54) is 6.20 Å². The molecule has 3 heterocycles. The minimum Gasteiger partial charge on any atom is -0.342 e. The van der Waals surface area contributed by atoms with Crippen molar-refractivity contribution >= 4 is 5.91 Å². The van der Waals surface area contributed by atoms with Crippen LogP contribution >= 0.6 is 0 Å². The van der Waals surface area contributed by atoms with Crippen LogP contribution in [0.3, 0.4) is 0 Å². The van der Waals surface area contributed by atoms with Gasteiger partial charge in [0.25, 0.3) is 0 Å². The van der Waals surface area contributed by atoms with Crippen LogP contribution in [-0.2, 0) is 11.0 Å². The maximum absolute atomic E-state index is 12.6. The van der Waals surface area contributed by atoms with Crippen molar-refractivity contribution in [2.75, 3.05) is 13.1 Å². The monoisotopic (exact) mass is 382 g/mol. The van der Waals surface area contributed by atoms with Gasteiger partial charge in [0, 0.05) is 41.9 Å². The van der Waals surface area contributed by atoms with Gasteiger partial charge in [0.1, 0.15) is 0 Å². The molecule has 2 aromatic heterocycles. The highest BCUT2D eigenvalue weighted by Gasteiger charge is 2.38. The number of carbonyl (C=O) groups excluding carboxylic acids is 1. The largest absolute Gasteiger partial charge is 0.471 e. The summed E-state index contributed by atoms with van der Waals surface area (Å²) >= 11 is 0. The van der Waals surface area contributed by atoms with Gasteiger partial charge < -0.3 is 9.42 Å². The minimum absolute atomic E-state index is 0.0927. The Labute approximate surface area is 154 Å². The summed E-state index contributed by atoms with van der Waals surface area (Å²) < 4.78 is 41.9. The number of carbonyl (C=O) groups is 1. The molecule has 0 aromatic carbocycles. The van der Waals surface area contributed by atoms with Crippen molar-refractivity contribution in [1.82, 2.24) is 20.0 Å². The van der Waals surface area contributed by atoms with Crippen LogP contribution in [0.15, 0.2) is 22.9 Å². The van der Waals surface area contributed by atoms with Gasteiger partial charge in [0.2, 0.25) is 11.7 Å². The molecule has 6 nitrogen and oxygen atoms in total. The van der Waals surface area contributed by atoms with Gasteiger partial charge in [-0.25, -0.2) is 0 Å². The third-order valence-corrected chi connectivity index (χ3v) is 4.48. The summed E-state index contributed by atoms with van der Waals surface area (Å²) in [7, 11) is 0. The highest BCUT2D eigenvalue weighted by molar-refractivity contribution is 5.81. The van der Waals surface area contributed by atoms with Gasteiger partial charge in [-0.1, -0.05) is 25.9 Å². The number of likely N-dealkylation sites (tertiary alicyclic amines) is 1. The third-order valence-electron chi connectivity index (χ3n) is 4.48. The lowest BCUT2D eigenvalue weighted by Gasteiger charge is -2.36. The van der Waals surface area contributed by atoms with Crippen molar-refractivity contribution in [3.05, 3.63) is 29.9 Å². The lowest BCUT2D eigenvalue weighted by molar-refractivity contribution is -0.159. The topological polar surface area (TPSA) is 72.1 Å². The SMILES string of the molecule is CC(C)(C)C(=O)N1CCC[C@@H](c2ccc(-c3noc(C(F)(F)F)n3)cn2)C1. The number of rotatable bonds is 2. The lowest BCUT2D eigenvalue weighted by atomic mass is 9.89. The molecule has 1 amide bonds. The Morgan fingerprint density at radius 1 is 1.26 bits per heavy atom. The average molecular weight is 382 g/mol. The molecule has 2 aromatic rings. The van der Waals surface area contributed by atoms with Crippen LogP contribution in [0.25, 0.3) is 11.4 Å². The maximum atomic E-state index is 12.6. The number of alkyl halides is 3.